The van der Waals surface area contributed by atoms with Crippen LogP contribution in [0.15, 0.2) is 18.2 Å². The standard InChI is InChI=1S/C9H10FNO/c10-7-1-2-8-6(5-12)4-11-9(8)3-7/h1-3,6,11-12H,4-5H2. The summed E-state index contributed by atoms with van der Waals surface area (Å²) in [4.78, 5) is 0. The van der Waals surface area contributed by atoms with Gasteiger partial charge >= 0.3 is 0 Å². The second kappa shape index (κ2) is 2.75. The van der Waals surface area contributed by atoms with Crippen molar-refractivity contribution >= 4 is 5.69 Å². The van der Waals surface area contributed by atoms with Gasteiger partial charge in [0, 0.05) is 18.2 Å². The van der Waals surface area contributed by atoms with Crippen molar-refractivity contribution in [2.45, 2.75) is 5.92 Å². The molecule has 1 atom stereocenters. The molecule has 0 spiro atoms. The van der Waals surface area contributed by atoms with Crippen LogP contribution in [0.4, 0.5) is 10.1 Å². The maximum Gasteiger partial charge on any atom is 0.125 e. The number of halogens is 1. The Labute approximate surface area is 70.0 Å². The summed E-state index contributed by atoms with van der Waals surface area (Å²) < 4.78 is 12.7. The van der Waals surface area contributed by atoms with Crippen molar-refractivity contribution in [1.29, 1.82) is 0 Å². The third kappa shape index (κ3) is 1.06. The van der Waals surface area contributed by atoms with Gasteiger partial charge in [-0.3, -0.25) is 0 Å². The Morgan fingerprint density at radius 3 is 3.17 bits per heavy atom. The molecule has 0 fully saturated rings. The second-order valence-electron chi connectivity index (χ2n) is 2.99. The van der Waals surface area contributed by atoms with E-state index in [1.807, 2.05) is 0 Å². The van der Waals surface area contributed by atoms with Gasteiger partial charge in [-0.05, 0) is 17.7 Å². The predicted octanol–water partition coefficient (Wildman–Crippen LogP) is 1.33. The number of aliphatic hydroxyl groups is 1. The Kier molecular flexibility index (Phi) is 1.73. The highest BCUT2D eigenvalue weighted by molar-refractivity contribution is 5.57. The van der Waals surface area contributed by atoms with Crippen LogP contribution in [0.2, 0.25) is 0 Å². The quantitative estimate of drug-likeness (QED) is 0.661. The monoisotopic (exact) mass is 167 g/mol. The highest BCUT2D eigenvalue weighted by atomic mass is 19.1. The van der Waals surface area contributed by atoms with E-state index in [1.54, 1.807) is 6.07 Å². The largest absolute Gasteiger partial charge is 0.396 e. The van der Waals surface area contributed by atoms with E-state index in [2.05, 4.69) is 5.32 Å². The summed E-state index contributed by atoms with van der Waals surface area (Å²) in [6.45, 7) is 0.820. The molecule has 1 unspecified atom stereocenters. The fourth-order valence-corrected chi connectivity index (χ4v) is 1.54. The van der Waals surface area contributed by atoms with E-state index in [1.165, 1.54) is 12.1 Å². The average molecular weight is 167 g/mol. The lowest BCUT2D eigenvalue weighted by Gasteiger charge is -2.03. The van der Waals surface area contributed by atoms with Gasteiger partial charge in [0.15, 0.2) is 0 Å². The van der Waals surface area contributed by atoms with Gasteiger partial charge in [-0.25, -0.2) is 4.39 Å². The molecule has 64 valence electrons. The molecular weight excluding hydrogens is 157 g/mol. The van der Waals surface area contributed by atoms with Crippen LogP contribution < -0.4 is 5.32 Å². The maximum atomic E-state index is 12.7. The van der Waals surface area contributed by atoms with Crippen molar-refractivity contribution in [2.75, 3.05) is 18.5 Å². The Morgan fingerprint density at radius 2 is 2.42 bits per heavy atom. The number of aliphatic hydroxyl groups excluding tert-OH is 1. The normalized spacial score (nSPS) is 20.3. The molecule has 0 aromatic heterocycles. The summed E-state index contributed by atoms with van der Waals surface area (Å²) in [7, 11) is 0. The van der Waals surface area contributed by atoms with Gasteiger partial charge in [-0.15, -0.1) is 0 Å². The molecule has 0 bridgehead atoms. The molecule has 1 aliphatic rings. The molecule has 2 rings (SSSR count). The van der Waals surface area contributed by atoms with Gasteiger partial charge in [0.1, 0.15) is 5.82 Å². The number of benzene rings is 1. The molecule has 3 heteroatoms. The van der Waals surface area contributed by atoms with Crippen molar-refractivity contribution in [2.24, 2.45) is 0 Å². The number of fused-ring (bicyclic) bond motifs is 1. The number of anilines is 1. The molecule has 12 heavy (non-hydrogen) atoms. The minimum atomic E-state index is -0.236. The lowest BCUT2D eigenvalue weighted by molar-refractivity contribution is 0.273. The molecule has 1 heterocycles. The van der Waals surface area contributed by atoms with Crippen LogP contribution in [0, 0.1) is 5.82 Å². The van der Waals surface area contributed by atoms with Crippen molar-refractivity contribution in [3.05, 3.63) is 29.6 Å². The number of hydrogen-bond acceptors (Lipinski definition) is 2. The van der Waals surface area contributed by atoms with Crippen LogP contribution in [0.1, 0.15) is 11.5 Å². The fraction of sp³-hybridized carbons (Fsp3) is 0.333. The summed E-state index contributed by atoms with van der Waals surface area (Å²) >= 11 is 0. The van der Waals surface area contributed by atoms with Gasteiger partial charge in [-0.2, -0.15) is 0 Å². The summed E-state index contributed by atoms with van der Waals surface area (Å²) in [6.07, 6.45) is 0. The van der Waals surface area contributed by atoms with E-state index in [4.69, 9.17) is 5.11 Å². The molecule has 0 amide bonds. The van der Waals surface area contributed by atoms with Gasteiger partial charge in [0.05, 0.1) is 6.61 Å². The number of hydrogen-bond donors (Lipinski definition) is 2. The summed E-state index contributed by atoms with van der Waals surface area (Å²) in [5.74, 6) is -0.111. The first kappa shape index (κ1) is 7.55. The molecule has 0 saturated heterocycles. The molecule has 2 N–H and O–H groups in total. The first-order valence-corrected chi connectivity index (χ1v) is 3.95. The smallest absolute Gasteiger partial charge is 0.125 e. The highest BCUT2D eigenvalue weighted by Gasteiger charge is 2.20. The zero-order valence-corrected chi connectivity index (χ0v) is 6.55. The molecule has 2 nitrogen and oxygen atoms in total. The summed E-state index contributed by atoms with van der Waals surface area (Å²) in [5, 5.41) is 12.0. The highest BCUT2D eigenvalue weighted by Crippen LogP contribution is 2.31. The van der Waals surface area contributed by atoms with E-state index in [9.17, 15) is 4.39 Å². The van der Waals surface area contributed by atoms with Crippen LogP contribution in [0.25, 0.3) is 0 Å². The molecule has 1 aromatic rings. The SMILES string of the molecule is OCC1CNc2cc(F)ccc21. The molecular formula is C9H10FNO. The van der Waals surface area contributed by atoms with Gasteiger partial charge in [0.2, 0.25) is 0 Å². The minimum absolute atomic E-state index is 0.117. The zero-order chi connectivity index (χ0) is 8.55. The topological polar surface area (TPSA) is 32.3 Å². The molecule has 1 aliphatic heterocycles. The van der Waals surface area contributed by atoms with Crippen LogP contribution in [-0.4, -0.2) is 18.3 Å². The Balaban J connectivity index is 2.40. The number of rotatable bonds is 1. The lowest BCUT2D eigenvalue weighted by atomic mass is 10.0. The van der Waals surface area contributed by atoms with E-state index in [-0.39, 0.29) is 18.3 Å². The van der Waals surface area contributed by atoms with Crippen molar-refractivity contribution in [3.8, 4) is 0 Å². The van der Waals surface area contributed by atoms with Gasteiger partial charge < -0.3 is 10.4 Å². The minimum Gasteiger partial charge on any atom is -0.396 e. The van der Waals surface area contributed by atoms with Crippen molar-refractivity contribution in [1.82, 2.24) is 0 Å². The third-order valence-corrected chi connectivity index (χ3v) is 2.21. The molecule has 1 aromatic carbocycles. The molecule has 0 saturated carbocycles. The average Bonchev–Trinajstić information content (AvgIpc) is 2.46. The second-order valence-corrected chi connectivity index (χ2v) is 2.99. The molecule has 0 aliphatic carbocycles. The van der Waals surface area contributed by atoms with Gasteiger partial charge in [0.25, 0.3) is 0 Å². The third-order valence-electron chi connectivity index (χ3n) is 2.21. The predicted molar refractivity (Wildman–Crippen MR) is 44.7 cm³/mol. The Morgan fingerprint density at radius 1 is 1.58 bits per heavy atom. The van der Waals surface area contributed by atoms with E-state index in [0.717, 1.165) is 11.3 Å². The maximum absolute atomic E-state index is 12.7. The van der Waals surface area contributed by atoms with E-state index in [0.29, 0.717) is 6.54 Å². The van der Waals surface area contributed by atoms with E-state index < -0.39 is 0 Å². The van der Waals surface area contributed by atoms with Crippen molar-refractivity contribution < 1.29 is 9.50 Å². The van der Waals surface area contributed by atoms with Crippen LogP contribution in [0.5, 0.6) is 0 Å². The fourth-order valence-electron chi connectivity index (χ4n) is 1.54. The lowest BCUT2D eigenvalue weighted by Crippen LogP contribution is -2.05. The van der Waals surface area contributed by atoms with Crippen LogP contribution in [-0.2, 0) is 0 Å². The zero-order valence-electron chi connectivity index (χ0n) is 6.55. The molecule has 0 radical (unpaired) electrons. The summed E-state index contributed by atoms with van der Waals surface area (Å²) in [6, 6.07) is 4.62. The van der Waals surface area contributed by atoms with Crippen LogP contribution in [0.3, 0.4) is 0 Å². The summed E-state index contributed by atoms with van der Waals surface area (Å²) in [5.41, 5.74) is 1.83. The Bertz CT molecular complexity index is 301. The first-order valence-electron chi connectivity index (χ1n) is 3.95. The van der Waals surface area contributed by atoms with Crippen LogP contribution >= 0.6 is 0 Å². The number of nitrogens with one attached hydrogen (secondary N) is 1. The van der Waals surface area contributed by atoms with Crippen molar-refractivity contribution in [3.63, 3.8) is 0 Å². The first-order chi connectivity index (χ1) is 5.81. The van der Waals surface area contributed by atoms with Gasteiger partial charge in [-0.1, -0.05) is 6.07 Å². The Hall–Kier alpha value is -1.09. The van der Waals surface area contributed by atoms with E-state index >= 15 is 0 Å².